The minimum atomic E-state index is -0.731. The van der Waals surface area contributed by atoms with E-state index in [0.29, 0.717) is 28.3 Å². The van der Waals surface area contributed by atoms with Gasteiger partial charge in [0.1, 0.15) is 0 Å². The molecule has 0 aromatic heterocycles. The van der Waals surface area contributed by atoms with Crippen molar-refractivity contribution in [2.24, 2.45) is 0 Å². The number of nitrogens with zero attached hydrogens (tertiary/aromatic N) is 1. The number of hydrogen-bond donors (Lipinski definition) is 2. The van der Waals surface area contributed by atoms with Crippen LogP contribution in [0.3, 0.4) is 0 Å². The summed E-state index contributed by atoms with van der Waals surface area (Å²) in [7, 11) is 0. The molecule has 22 heavy (non-hydrogen) atoms. The zero-order valence-corrected chi connectivity index (χ0v) is 13.9. The Morgan fingerprint density at radius 1 is 1.32 bits per heavy atom. The van der Waals surface area contributed by atoms with Gasteiger partial charge in [-0.15, -0.1) is 0 Å². The highest BCUT2D eigenvalue weighted by molar-refractivity contribution is 6.42. The molecule has 0 spiro atoms. The summed E-state index contributed by atoms with van der Waals surface area (Å²) in [6.07, 6.45) is 2.17. The van der Waals surface area contributed by atoms with Crippen LogP contribution >= 0.6 is 23.2 Å². The predicted octanol–water partition coefficient (Wildman–Crippen LogP) is 2.53. The molecule has 2 amide bonds. The fourth-order valence-corrected chi connectivity index (χ4v) is 3.06. The monoisotopic (exact) mass is 343 g/mol. The molecule has 1 aromatic rings. The summed E-state index contributed by atoms with van der Waals surface area (Å²) < 4.78 is 0. The average molecular weight is 344 g/mol. The first-order valence-corrected chi connectivity index (χ1v) is 8.05. The number of anilines is 1. The third-order valence-corrected chi connectivity index (χ3v) is 4.34. The molecule has 5 nitrogen and oxygen atoms in total. The van der Waals surface area contributed by atoms with E-state index in [1.165, 1.54) is 6.07 Å². The molecule has 0 saturated carbocycles. The molecule has 1 heterocycles. The van der Waals surface area contributed by atoms with Crippen LogP contribution in [-0.2, 0) is 9.59 Å². The maximum atomic E-state index is 11.9. The second kappa shape index (κ2) is 7.81. The van der Waals surface area contributed by atoms with E-state index in [1.54, 1.807) is 12.1 Å². The van der Waals surface area contributed by atoms with Crippen LogP contribution in [0.15, 0.2) is 18.2 Å². The maximum Gasteiger partial charge on any atom is 0.313 e. The molecule has 0 radical (unpaired) electrons. The Morgan fingerprint density at radius 3 is 2.77 bits per heavy atom. The van der Waals surface area contributed by atoms with Gasteiger partial charge in [0.05, 0.1) is 10.7 Å². The second-order valence-corrected chi connectivity index (χ2v) is 6.06. The van der Waals surface area contributed by atoms with E-state index in [1.807, 2.05) is 0 Å². The van der Waals surface area contributed by atoms with E-state index in [-0.39, 0.29) is 0 Å². The number of likely N-dealkylation sites (N-methyl/N-ethyl adjacent to an activating group) is 1. The average Bonchev–Trinajstić information content (AvgIpc) is 2.95. The van der Waals surface area contributed by atoms with Crippen molar-refractivity contribution in [1.82, 2.24) is 10.2 Å². The summed E-state index contributed by atoms with van der Waals surface area (Å²) in [5.74, 6) is -1.39. The number of nitrogens with one attached hydrogen (secondary N) is 2. The molecule has 1 aliphatic rings. The zero-order chi connectivity index (χ0) is 16.1. The lowest BCUT2D eigenvalue weighted by atomic mass is 10.2. The highest BCUT2D eigenvalue weighted by Crippen LogP contribution is 2.25. The SMILES string of the molecule is CCN1CCC[C@@H]1CNC(=O)C(=O)Nc1ccc(Cl)cc1Cl. The van der Waals surface area contributed by atoms with E-state index in [4.69, 9.17) is 23.2 Å². The molecule has 120 valence electrons. The molecular formula is C15H19Cl2N3O2. The lowest BCUT2D eigenvalue weighted by Gasteiger charge is -2.22. The summed E-state index contributed by atoms with van der Waals surface area (Å²) in [6, 6.07) is 4.97. The molecule has 1 fully saturated rings. The molecule has 2 rings (SSSR count). The van der Waals surface area contributed by atoms with Crippen molar-refractivity contribution in [2.45, 2.75) is 25.8 Å². The quantitative estimate of drug-likeness (QED) is 0.825. The number of rotatable bonds is 4. The number of benzene rings is 1. The van der Waals surface area contributed by atoms with Crippen LogP contribution in [0.2, 0.25) is 10.0 Å². The molecule has 2 N–H and O–H groups in total. The van der Waals surface area contributed by atoms with Crippen LogP contribution in [0.4, 0.5) is 5.69 Å². The number of carbonyl (C=O) groups is 2. The Kier molecular flexibility index (Phi) is 6.06. The lowest BCUT2D eigenvalue weighted by molar-refractivity contribution is -0.136. The van der Waals surface area contributed by atoms with Crippen LogP contribution in [0.5, 0.6) is 0 Å². The zero-order valence-electron chi connectivity index (χ0n) is 12.4. The van der Waals surface area contributed by atoms with Gasteiger partial charge >= 0.3 is 11.8 Å². The van der Waals surface area contributed by atoms with Crippen molar-refractivity contribution in [3.05, 3.63) is 28.2 Å². The highest BCUT2D eigenvalue weighted by atomic mass is 35.5. The Labute approximate surface area is 139 Å². The number of carbonyl (C=O) groups excluding carboxylic acids is 2. The Bertz CT molecular complexity index is 566. The normalized spacial score (nSPS) is 18.2. The lowest BCUT2D eigenvalue weighted by Crippen LogP contribution is -2.43. The van der Waals surface area contributed by atoms with Crippen LogP contribution in [0.25, 0.3) is 0 Å². The molecule has 7 heteroatoms. The third kappa shape index (κ3) is 4.35. The van der Waals surface area contributed by atoms with Gasteiger partial charge < -0.3 is 10.6 Å². The van der Waals surface area contributed by atoms with Gasteiger partial charge in [-0.05, 0) is 44.1 Å². The first-order chi connectivity index (χ1) is 10.5. The second-order valence-electron chi connectivity index (χ2n) is 5.21. The standard InChI is InChI=1S/C15H19Cl2N3O2/c1-2-20-7-3-4-11(20)9-18-14(21)15(22)19-13-6-5-10(16)8-12(13)17/h5-6,8,11H,2-4,7,9H2,1H3,(H,18,21)(H,19,22)/t11-/m1/s1. The van der Waals surface area contributed by atoms with E-state index >= 15 is 0 Å². The van der Waals surface area contributed by atoms with Crippen molar-refractivity contribution in [3.8, 4) is 0 Å². The van der Waals surface area contributed by atoms with Crippen LogP contribution < -0.4 is 10.6 Å². The van der Waals surface area contributed by atoms with Crippen molar-refractivity contribution in [1.29, 1.82) is 0 Å². The van der Waals surface area contributed by atoms with Gasteiger partial charge in [-0.2, -0.15) is 0 Å². The van der Waals surface area contributed by atoms with Gasteiger partial charge in [-0.3, -0.25) is 14.5 Å². The largest absolute Gasteiger partial charge is 0.346 e. The van der Waals surface area contributed by atoms with Gasteiger partial charge in [-0.25, -0.2) is 0 Å². The Balaban J connectivity index is 1.85. The summed E-state index contributed by atoms with van der Waals surface area (Å²) in [5, 5.41) is 5.92. The first kappa shape index (κ1) is 17.1. The van der Waals surface area contributed by atoms with Gasteiger partial charge in [0.25, 0.3) is 0 Å². The summed E-state index contributed by atoms with van der Waals surface area (Å²) >= 11 is 11.7. The van der Waals surface area contributed by atoms with Crippen LogP contribution in [0, 0.1) is 0 Å². The predicted molar refractivity (Wildman–Crippen MR) is 88.4 cm³/mol. The van der Waals surface area contributed by atoms with E-state index in [2.05, 4.69) is 22.5 Å². The fraction of sp³-hybridized carbons (Fsp3) is 0.467. The van der Waals surface area contributed by atoms with Crippen LogP contribution in [-0.4, -0.2) is 42.4 Å². The van der Waals surface area contributed by atoms with Crippen molar-refractivity contribution in [3.63, 3.8) is 0 Å². The first-order valence-electron chi connectivity index (χ1n) is 7.29. The van der Waals surface area contributed by atoms with Crippen molar-refractivity contribution in [2.75, 3.05) is 25.0 Å². The topological polar surface area (TPSA) is 61.4 Å². The van der Waals surface area contributed by atoms with Gasteiger partial charge in [0.2, 0.25) is 0 Å². The molecule has 1 atom stereocenters. The highest BCUT2D eigenvalue weighted by Gasteiger charge is 2.24. The Morgan fingerprint density at radius 2 is 2.09 bits per heavy atom. The van der Waals surface area contributed by atoms with E-state index < -0.39 is 11.8 Å². The fourth-order valence-electron chi connectivity index (χ4n) is 2.60. The van der Waals surface area contributed by atoms with Gasteiger partial charge in [-0.1, -0.05) is 30.1 Å². The summed E-state index contributed by atoms with van der Waals surface area (Å²) in [4.78, 5) is 26.0. The minimum Gasteiger partial charge on any atom is -0.346 e. The molecule has 0 unspecified atom stereocenters. The van der Waals surface area contributed by atoms with Gasteiger partial charge in [0, 0.05) is 17.6 Å². The number of likely N-dealkylation sites (tertiary alicyclic amines) is 1. The number of halogens is 2. The Hall–Kier alpha value is -1.30. The molecule has 1 aliphatic heterocycles. The van der Waals surface area contributed by atoms with Crippen molar-refractivity contribution < 1.29 is 9.59 Å². The molecule has 0 bridgehead atoms. The summed E-state index contributed by atoms with van der Waals surface area (Å²) in [6.45, 7) is 4.57. The number of hydrogen-bond acceptors (Lipinski definition) is 3. The van der Waals surface area contributed by atoms with Gasteiger partial charge in [0.15, 0.2) is 0 Å². The molecule has 1 aromatic carbocycles. The smallest absolute Gasteiger partial charge is 0.313 e. The number of amides is 2. The molecule has 0 aliphatic carbocycles. The maximum absolute atomic E-state index is 11.9. The van der Waals surface area contributed by atoms with E-state index in [9.17, 15) is 9.59 Å². The summed E-state index contributed by atoms with van der Waals surface area (Å²) in [5.41, 5.74) is 0.363. The molecule has 1 saturated heterocycles. The van der Waals surface area contributed by atoms with Crippen LogP contribution in [0.1, 0.15) is 19.8 Å². The van der Waals surface area contributed by atoms with E-state index in [0.717, 1.165) is 25.9 Å². The van der Waals surface area contributed by atoms with Crippen molar-refractivity contribution >= 4 is 40.7 Å². The molecular weight excluding hydrogens is 325 g/mol. The third-order valence-electron chi connectivity index (χ3n) is 3.79. The minimum absolute atomic E-state index is 0.293.